The monoisotopic (exact) mass is 243 g/mol. The lowest BCUT2D eigenvalue weighted by Gasteiger charge is -1.87. The Kier molecular flexibility index (Phi) is 5.45. The Morgan fingerprint density at radius 3 is 2.17 bits per heavy atom. The van der Waals surface area contributed by atoms with Gasteiger partial charge in [-0.2, -0.15) is 0 Å². The standard InChI is InChI=1S/C6H4N2O.C6H5NO2/c9-5-8-6-3-1-2-4-7-6;8-6(9)5-3-1-2-4-7-5/h1-4H;1-4H,(H,8,9). The lowest BCUT2D eigenvalue weighted by molar-refractivity contribution is 0.0690. The van der Waals surface area contributed by atoms with Crippen molar-refractivity contribution in [2.45, 2.75) is 0 Å². The Morgan fingerprint density at radius 2 is 1.78 bits per heavy atom. The molecule has 0 bridgehead atoms. The number of isocyanates is 1. The molecule has 0 fully saturated rings. The Morgan fingerprint density at radius 1 is 1.11 bits per heavy atom. The van der Waals surface area contributed by atoms with E-state index < -0.39 is 5.97 Å². The van der Waals surface area contributed by atoms with Gasteiger partial charge >= 0.3 is 5.97 Å². The Bertz CT molecular complexity index is 500. The predicted octanol–water partition coefficient (Wildman–Crippen LogP) is 1.83. The highest BCUT2D eigenvalue weighted by molar-refractivity contribution is 5.85. The van der Waals surface area contributed by atoms with Crippen molar-refractivity contribution in [3.63, 3.8) is 0 Å². The van der Waals surface area contributed by atoms with Crippen molar-refractivity contribution < 1.29 is 14.7 Å². The molecule has 0 unspecified atom stereocenters. The molecular formula is C12H9N3O3. The molecule has 6 heteroatoms. The molecule has 6 nitrogen and oxygen atoms in total. The number of aromatic carboxylic acids is 1. The van der Waals surface area contributed by atoms with Crippen molar-refractivity contribution >= 4 is 17.9 Å². The van der Waals surface area contributed by atoms with Crippen molar-refractivity contribution in [3.8, 4) is 0 Å². The number of nitrogens with zero attached hydrogens (tertiary/aromatic N) is 3. The van der Waals surface area contributed by atoms with Crippen LogP contribution in [0.1, 0.15) is 10.5 Å². The van der Waals surface area contributed by atoms with Crippen LogP contribution in [0.5, 0.6) is 0 Å². The second kappa shape index (κ2) is 7.43. The number of pyridine rings is 2. The van der Waals surface area contributed by atoms with E-state index >= 15 is 0 Å². The van der Waals surface area contributed by atoms with Gasteiger partial charge in [-0.15, -0.1) is 4.99 Å². The minimum Gasteiger partial charge on any atom is -0.477 e. The molecule has 0 saturated heterocycles. The molecule has 0 aromatic carbocycles. The van der Waals surface area contributed by atoms with Gasteiger partial charge in [0.2, 0.25) is 6.08 Å². The molecule has 0 spiro atoms. The van der Waals surface area contributed by atoms with E-state index in [0.29, 0.717) is 5.82 Å². The topological polar surface area (TPSA) is 92.5 Å². The van der Waals surface area contributed by atoms with Crippen LogP contribution in [-0.2, 0) is 4.79 Å². The van der Waals surface area contributed by atoms with Crippen LogP contribution < -0.4 is 0 Å². The smallest absolute Gasteiger partial charge is 0.354 e. The molecule has 2 rings (SSSR count). The molecule has 1 N–H and O–H groups in total. The van der Waals surface area contributed by atoms with Gasteiger partial charge in [-0.3, -0.25) is 0 Å². The second-order valence-electron chi connectivity index (χ2n) is 2.91. The first kappa shape index (κ1) is 13.2. The fourth-order valence-corrected chi connectivity index (χ4v) is 0.956. The van der Waals surface area contributed by atoms with Crippen LogP contribution in [0.25, 0.3) is 0 Å². The summed E-state index contributed by atoms with van der Waals surface area (Å²) in [6, 6.07) is 9.89. The fourth-order valence-electron chi connectivity index (χ4n) is 0.956. The van der Waals surface area contributed by atoms with Crippen LogP contribution in [0.15, 0.2) is 53.8 Å². The van der Waals surface area contributed by atoms with E-state index in [9.17, 15) is 9.59 Å². The van der Waals surface area contributed by atoms with Gasteiger partial charge in [-0.1, -0.05) is 12.1 Å². The molecule has 0 aliphatic carbocycles. The first-order valence-corrected chi connectivity index (χ1v) is 4.87. The van der Waals surface area contributed by atoms with Crippen molar-refractivity contribution in [1.82, 2.24) is 9.97 Å². The second-order valence-corrected chi connectivity index (χ2v) is 2.91. The van der Waals surface area contributed by atoms with Crippen molar-refractivity contribution in [3.05, 3.63) is 54.5 Å². The lowest BCUT2D eigenvalue weighted by atomic mass is 10.4. The first-order chi connectivity index (χ1) is 8.74. The number of carbonyl (C=O) groups is 1. The maximum absolute atomic E-state index is 10.1. The molecule has 0 radical (unpaired) electrons. The van der Waals surface area contributed by atoms with Crippen molar-refractivity contribution in [2.75, 3.05) is 0 Å². The number of aliphatic imine (C=N–C) groups is 1. The van der Waals surface area contributed by atoms with E-state index in [1.165, 1.54) is 18.3 Å². The van der Waals surface area contributed by atoms with Gasteiger partial charge in [0, 0.05) is 12.4 Å². The van der Waals surface area contributed by atoms with E-state index in [4.69, 9.17) is 5.11 Å². The molecule has 2 aromatic rings. The number of carbonyl (C=O) groups excluding carboxylic acids is 1. The molecular weight excluding hydrogens is 234 g/mol. The molecule has 0 aliphatic rings. The highest BCUT2D eigenvalue weighted by Crippen LogP contribution is 2.01. The quantitative estimate of drug-likeness (QED) is 0.641. The normalized spacial score (nSPS) is 8.44. The maximum Gasteiger partial charge on any atom is 0.354 e. The van der Waals surface area contributed by atoms with Gasteiger partial charge in [-0.05, 0) is 24.3 Å². The minimum absolute atomic E-state index is 0.0810. The van der Waals surface area contributed by atoms with Crippen LogP contribution in [0, 0.1) is 0 Å². The largest absolute Gasteiger partial charge is 0.477 e. The number of carboxylic acids is 1. The molecule has 0 aliphatic heterocycles. The van der Waals surface area contributed by atoms with Gasteiger partial charge < -0.3 is 5.11 Å². The van der Waals surface area contributed by atoms with Crippen LogP contribution in [0.3, 0.4) is 0 Å². The molecule has 90 valence electrons. The van der Waals surface area contributed by atoms with Crippen LogP contribution in [-0.4, -0.2) is 27.1 Å². The molecule has 0 saturated carbocycles. The Balaban J connectivity index is 0.000000180. The van der Waals surface area contributed by atoms with E-state index in [-0.39, 0.29) is 5.69 Å². The third kappa shape index (κ3) is 4.78. The molecule has 0 atom stereocenters. The summed E-state index contributed by atoms with van der Waals surface area (Å²) in [7, 11) is 0. The summed E-state index contributed by atoms with van der Waals surface area (Å²) in [5.74, 6) is -0.594. The number of carboxylic acid groups (broad SMARTS) is 1. The maximum atomic E-state index is 10.1. The van der Waals surface area contributed by atoms with Gasteiger partial charge in [0.1, 0.15) is 5.69 Å². The Labute approximate surface area is 103 Å². The zero-order valence-electron chi connectivity index (χ0n) is 9.22. The number of rotatable bonds is 2. The molecule has 0 amide bonds. The number of hydrogen-bond donors (Lipinski definition) is 1. The number of hydrogen-bond acceptors (Lipinski definition) is 5. The third-order valence-electron chi connectivity index (χ3n) is 1.69. The summed E-state index contributed by atoms with van der Waals surface area (Å²) in [5, 5.41) is 8.32. The number of aromatic nitrogens is 2. The van der Waals surface area contributed by atoms with Crippen LogP contribution in [0.2, 0.25) is 0 Å². The van der Waals surface area contributed by atoms with Crippen molar-refractivity contribution in [2.24, 2.45) is 4.99 Å². The zero-order valence-corrected chi connectivity index (χ0v) is 9.22. The van der Waals surface area contributed by atoms with E-state index in [1.807, 2.05) is 0 Å². The van der Waals surface area contributed by atoms with Gasteiger partial charge in [-0.25, -0.2) is 19.6 Å². The van der Waals surface area contributed by atoms with E-state index in [0.717, 1.165) is 0 Å². The minimum atomic E-state index is -0.990. The summed E-state index contributed by atoms with van der Waals surface area (Å²) >= 11 is 0. The van der Waals surface area contributed by atoms with Crippen LogP contribution >= 0.6 is 0 Å². The van der Waals surface area contributed by atoms with Gasteiger partial charge in [0.15, 0.2) is 5.82 Å². The average Bonchev–Trinajstić information content (AvgIpc) is 2.42. The van der Waals surface area contributed by atoms with Gasteiger partial charge in [0.05, 0.1) is 0 Å². The van der Waals surface area contributed by atoms with E-state index in [2.05, 4.69) is 15.0 Å². The molecule has 2 heterocycles. The lowest BCUT2D eigenvalue weighted by Crippen LogP contribution is -1.97. The molecule has 2 aromatic heterocycles. The summed E-state index contributed by atoms with van der Waals surface area (Å²) < 4.78 is 0. The predicted molar refractivity (Wildman–Crippen MR) is 63.2 cm³/mol. The fraction of sp³-hybridized carbons (Fsp3) is 0. The highest BCUT2D eigenvalue weighted by atomic mass is 16.4. The summed E-state index contributed by atoms with van der Waals surface area (Å²) in [6.45, 7) is 0. The van der Waals surface area contributed by atoms with Crippen molar-refractivity contribution in [1.29, 1.82) is 0 Å². The van der Waals surface area contributed by atoms with Crippen LogP contribution in [0.4, 0.5) is 5.82 Å². The van der Waals surface area contributed by atoms with E-state index in [1.54, 1.807) is 36.5 Å². The Hall–Kier alpha value is -2.85. The summed E-state index contributed by atoms with van der Waals surface area (Å²) in [4.78, 5) is 30.4. The first-order valence-electron chi connectivity index (χ1n) is 4.87. The van der Waals surface area contributed by atoms with Gasteiger partial charge in [0.25, 0.3) is 0 Å². The third-order valence-corrected chi connectivity index (χ3v) is 1.69. The SMILES string of the molecule is O=C(O)c1ccccn1.O=C=Nc1ccccn1. The molecule has 18 heavy (non-hydrogen) atoms. The summed E-state index contributed by atoms with van der Waals surface area (Å²) in [6.07, 6.45) is 4.41. The highest BCUT2D eigenvalue weighted by Gasteiger charge is 1.98. The zero-order chi connectivity index (χ0) is 13.2. The average molecular weight is 243 g/mol. The summed E-state index contributed by atoms with van der Waals surface area (Å²) in [5.41, 5.74) is 0.0810.